The van der Waals surface area contributed by atoms with Crippen LogP contribution in [0.2, 0.25) is 0 Å². The van der Waals surface area contributed by atoms with E-state index >= 15 is 0 Å². The lowest BCUT2D eigenvalue weighted by Crippen LogP contribution is -2.37. The third kappa shape index (κ3) is 2.92. The van der Waals surface area contributed by atoms with Crippen LogP contribution in [-0.2, 0) is 9.59 Å². The highest BCUT2D eigenvalue weighted by molar-refractivity contribution is 6.05. The smallest absolute Gasteiger partial charge is 0.307 e. The summed E-state index contributed by atoms with van der Waals surface area (Å²) in [5.41, 5.74) is 0.842. The van der Waals surface area contributed by atoms with Crippen LogP contribution in [0.25, 0.3) is 0 Å². The average Bonchev–Trinajstić information content (AvgIpc) is 3.16. The Balaban J connectivity index is 1.54. The van der Waals surface area contributed by atoms with Crippen molar-refractivity contribution < 1.29 is 19.5 Å². The number of allylic oxidation sites excluding steroid dienone is 2. The molecule has 2 bridgehead atoms. The maximum Gasteiger partial charge on any atom is 0.307 e. The van der Waals surface area contributed by atoms with E-state index in [0.717, 1.165) is 12.8 Å². The zero-order chi connectivity index (χ0) is 17.6. The molecule has 130 valence electrons. The van der Waals surface area contributed by atoms with E-state index in [0.29, 0.717) is 17.7 Å². The van der Waals surface area contributed by atoms with Gasteiger partial charge in [0.25, 0.3) is 5.91 Å². The average molecular weight is 340 g/mol. The van der Waals surface area contributed by atoms with Gasteiger partial charge in [0, 0.05) is 6.04 Å². The molecule has 6 nitrogen and oxygen atoms in total. The van der Waals surface area contributed by atoms with Crippen LogP contribution in [0.15, 0.2) is 36.4 Å². The summed E-state index contributed by atoms with van der Waals surface area (Å²) in [6.45, 7) is 0. The molecule has 2 fully saturated rings. The quantitative estimate of drug-likeness (QED) is 0.715. The highest BCUT2D eigenvalue weighted by atomic mass is 16.4. The van der Waals surface area contributed by atoms with Gasteiger partial charge in [0.15, 0.2) is 0 Å². The van der Waals surface area contributed by atoms with Crippen LogP contribution < -0.4 is 10.6 Å². The molecule has 6 heteroatoms. The fourth-order valence-electron chi connectivity index (χ4n) is 4.01. The molecule has 4 unspecified atom stereocenters. The Kier molecular flexibility index (Phi) is 3.82. The number of carbonyl (C=O) groups is 3. The topological polar surface area (TPSA) is 95.5 Å². The summed E-state index contributed by atoms with van der Waals surface area (Å²) in [6.07, 6.45) is 6.53. The first-order valence-corrected chi connectivity index (χ1v) is 8.66. The number of hydrogen-bond acceptors (Lipinski definition) is 3. The molecule has 2 saturated carbocycles. The van der Waals surface area contributed by atoms with E-state index in [9.17, 15) is 19.5 Å². The first-order valence-electron chi connectivity index (χ1n) is 8.66. The molecule has 0 radical (unpaired) electrons. The number of nitrogens with one attached hydrogen (secondary N) is 2. The van der Waals surface area contributed by atoms with Gasteiger partial charge in [0.1, 0.15) is 0 Å². The largest absolute Gasteiger partial charge is 0.481 e. The molecule has 0 spiro atoms. The first-order chi connectivity index (χ1) is 12.0. The number of hydrogen-bond donors (Lipinski definition) is 3. The van der Waals surface area contributed by atoms with Gasteiger partial charge >= 0.3 is 5.97 Å². The van der Waals surface area contributed by atoms with Gasteiger partial charge in [-0.05, 0) is 43.2 Å². The van der Waals surface area contributed by atoms with Gasteiger partial charge in [-0.1, -0.05) is 24.3 Å². The summed E-state index contributed by atoms with van der Waals surface area (Å²) in [5.74, 6) is -2.87. The van der Waals surface area contributed by atoms with Crippen LogP contribution in [-0.4, -0.2) is 28.9 Å². The maximum absolute atomic E-state index is 12.8. The Morgan fingerprint density at radius 2 is 1.68 bits per heavy atom. The molecule has 3 aliphatic rings. The van der Waals surface area contributed by atoms with E-state index in [1.165, 1.54) is 0 Å². The van der Waals surface area contributed by atoms with Gasteiger partial charge < -0.3 is 15.7 Å². The molecule has 2 amide bonds. The van der Waals surface area contributed by atoms with Crippen LogP contribution in [0.1, 0.15) is 29.6 Å². The Bertz CT molecular complexity index is 768. The number of carbonyl (C=O) groups excluding carboxylic acids is 2. The fraction of sp³-hybridized carbons (Fsp3) is 0.421. The third-order valence-corrected chi connectivity index (χ3v) is 5.39. The molecule has 3 aliphatic carbocycles. The summed E-state index contributed by atoms with van der Waals surface area (Å²) >= 11 is 0. The molecule has 1 aromatic rings. The highest BCUT2D eigenvalue weighted by Crippen LogP contribution is 2.48. The van der Waals surface area contributed by atoms with Crippen molar-refractivity contribution >= 4 is 23.5 Å². The minimum atomic E-state index is -0.934. The van der Waals surface area contributed by atoms with Crippen molar-refractivity contribution in [2.45, 2.75) is 25.3 Å². The van der Waals surface area contributed by atoms with Crippen molar-refractivity contribution in [3.8, 4) is 0 Å². The van der Waals surface area contributed by atoms with Gasteiger partial charge in [-0.2, -0.15) is 0 Å². The first kappa shape index (κ1) is 15.9. The van der Waals surface area contributed by atoms with E-state index in [1.807, 2.05) is 12.2 Å². The van der Waals surface area contributed by atoms with Crippen molar-refractivity contribution in [3.63, 3.8) is 0 Å². The SMILES string of the molecule is O=C(NC1CC1)c1ccccc1NC(=O)C1C2C=CC(C2)C1C(=O)O. The molecule has 1 aromatic carbocycles. The standard InChI is InChI=1S/C19H20N2O4/c22-17(20-12-7-8-12)13-3-1-2-4-14(13)21-18(23)15-10-5-6-11(9-10)16(15)19(24)25/h1-6,10-12,15-16H,7-9H2,(H,20,22)(H,21,23)(H,24,25). The monoisotopic (exact) mass is 340 g/mol. The molecule has 0 saturated heterocycles. The molecule has 3 N–H and O–H groups in total. The molecule has 0 aromatic heterocycles. The van der Waals surface area contributed by atoms with Gasteiger partial charge in [0.05, 0.1) is 23.1 Å². The number of amides is 2. The second kappa shape index (κ2) is 6.02. The highest BCUT2D eigenvalue weighted by Gasteiger charge is 2.51. The van der Waals surface area contributed by atoms with E-state index in [1.54, 1.807) is 24.3 Å². The van der Waals surface area contributed by atoms with E-state index < -0.39 is 17.8 Å². The summed E-state index contributed by atoms with van der Waals surface area (Å²) in [7, 11) is 0. The van der Waals surface area contributed by atoms with Crippen LogP contribution in [0, 0.1) is 23.7 Å². The number of carboxylic acid groups (broad SMARTS) is 1. The Labute approximate surface area is 145 Å². The third-order valence-electron chi connectivity index (χ3n) is 5.39. The van der Waals surface area contributed by atoms with Gasteiger partial charge in [-0.3, -0.25) is 14.4 Å². The van der Waals surface area contributed by atoms with Crippen molar-refractivity contribution in [1.29, 1.82) is 0 Å². The van der Waals surface area contributed by atoms with Crippen LogP contribution in [0.5, 0.6) is 0 Å². The number of anilines is 1. The lowest BCUT2D eigenvalue weighted by atomic mass is 9.82. The lowest BCUT2D eigenvalue weighted by Gasteiger charge is -2.24. The van der Waals surface area contributed by atoms with Crippen LogP contribution in [0.3, 0.4) is 0 Å². The number of para-hydroxylation sites is 1. The Hall–Kier alpha value is -2.63. The molecule has 0 heterocycles. The fourth-order valence-corrected chi connectivity index (χ4v) is 4.01. The minimum Gasteiger partial charge on any atom is -0.481 e. The Morgan fingerprint density at radius 1 is 1.00 bits per heavy atom. The van der Waals surface area contributed by atoms with Crippen molar-refractivity contribution in [2.75, 3.05) is 5.32 Å². The summed E-state index contributed by atoms with van der Waals surface area (Å²) in [6, 6.07) is 7.07. The predicted octanol–water partition coefficient (Wildman–Crippen LogP) is 2.04. The van der Waals surface area contributed by atoms with Crippen molar-refractivity contribution in [2.24, 2.45) is 23.7 Å². The molecule has 4 rings (SSSR count). The van der Waals surface area contributed by atoms with Gasteiger partial charge in [-0.15, -0.1) is 0 Å². The summed E-state index contributed by atoms with van der Waals surface area (Å²) in [5, 5.41) is 15.2. The van der Waals surface area contributed by atoms with Crippen molar-refractivity contribution in [3.05, 3.63) is 42.0 Å². The van der Waals surface area contributed by atoms with Crippen LogP contribution in [0.4, 0.5) is 5.69 Å². The number of aliphatic carboxylic acids is 1. The van der Waals surface area contributed by atoms with E-state index in [4.69, 9.17) is 0 Å². The van der Waals surface area contributed by atoms with Crippen molar-refractivity contribution in [1.82, 2.24) is 5.32 Å². The number of carboxylic acids is 1. The summed E-state index contributed by atoms with van der Waals surface area (Å²) < 4.78 is 0. The van der Waals surface area contributed by atoms with Gasteiger partial charge in [0.2, 0.25) is 5.91 Å². The normalized spacial score (nSPS) is 29.4. The van der Waals surface area contributed by atoms with Gasteiger partial charge in [-0.25, -0.2) is 0 Å². The minimum absolute atomic E-state index is 0.0430. The van der Waals surface area contributed by atoms with E-state index in [-0.39, 0.29) is 29.7 Å². The molecule has 0 aliphatic heterocycles. The predicted molar refractivity (Wildman–Crippen MR) is 90.9 cm³/mol. The molecule has 25 heavy (non-hydrogen) atoms. The molecule has 4 atom stereocenters. The number of benzene rings is 1. The van der Waals surface area contributed by atoms with E-state index in [2.05, 4.69) is 10.6 Å². The summed E-state index contributed by atoms with van der Waals surface area (Å²) in [4.78, 5) is 36.7. The van der Waals surface area contributed by atoms with Crippen LogP contribution >= 0.6 is 0 Å². The molecular weight excluding hydrogens is 320 g/mol. The zero-order valence-electron chi connectivity index (χ0n) is 13.6. The zero-order valence-corrected chi connectivity index (χ0v) is 13.6. The second-order valence-electron chi connectivity index (χ2n) is 7.12. The number of fused-ring (bicyclic) bond motifs is 2. The maximum atomic E-state index is 12.8. The Morgan fingerprint density at radius 3 is 2.36 bits per heavy atom. The second-order valence-corrected chi connectivity index (χ2v) is 7.12. The lowest BCUT2D eigenvalue weighted by molar-refractivity contribution is -0.146. The molecular formula is C19H20N2O4. The number of rotatable bonds is 5.